The first-order valence-corrected chi connectivity index (χ1v) is 8.44. The Bertz CT molecular complexity index is 351. The summed E-state index contributed by atoms with van der Waals surface area (Å²) in [6, 6.07) is -0.0105. The van der Waals surface area contributed by atoms with Crippen LogP contribution in [0.25, 0.3) is 0 Å². The third-order valence-corrected chi connectivity index (χ3v) is 4.52. The second kappa shape index (κ2) is 7.44. The second-order valence-corrected chi connectivity index (χ2v) is 9.62. The van der Waals surface area contributed by atoms with Crippen molar-refractivity contribution in [2.45, 2.75) is 79.8 Å². The van der Waals surface area contributed by atoms with Gasteiger partial charge in [0.1, 0.15) is 0 Å². The summed E-state index contributed by atoms with van der Waals surface area (Å²) in [7, 11) is 4.61. The third-order valence-electron chi connectivity index (χ3n) is 4.52. The van der Waals surface area contributed by atoms with Gasteiger partial charge < -0.3 is 9.80 Å². The number of ketones is 1. The highest BCUT2D eigenvalue weighted by Gasteiger charge is 2.35. The lowest BCUT2D eigenvalue weighted by atomic mass is 9.80. The van der Waals surface area contributed by atoms with Crippen molar-refractivity contribution in [3.05, 3.63) is 0 Å². The van der Waals surface area contributed by atoms with Crippen LogP contribution >= 0.6 is 0 Å². The predicted molar refractivity (Wildman–Crippen MR) is 97.1 cm³/mol. The molecule has 0 radical (unpaired) electrons. The molecule has 0 aromatic rings. The van der Waals surface area contributed by atoms with Crippen LogP contribution in [0.4, 0.5) is 0 Å². The van der Waals surface area contributed by atoms with Gasteiger partial charge in [-0.05, 0) is 46.0 Å². The number of carbonyl (C=O) groups is 1. The number of nitrogens with one attached hydrogen (secondary N) is 1. The Morgan fingerprint density at radius 2 is 1.55 bits per heavy atom. The number of Topliss-reactive ketones (excluding diaryl/α,β-unsaturated/α-hetero) is 1. The zero-order valence-electron chi connectivity index (χ0n) is 15.5. The van der Waals surface area contributed by atoms with Crippen molar-refractivity contribution in [3.63, 3.8) is 0 Å². The molecule has 1 fully saturated rings. The Labute approximate surface area is 139 Å². The molecule has 1 unspecified atom stereocenters. The number of hydrogen-bond donors (Lipinski definition) is 1. The van der Waals surface area contributed by atoms with Gasteiger partial charge in [0.15, 0.2) is 5.78 Å². The van der Waals surface area contributed by atoms with Crippen molar-refractivity contribution in [1.29, 1.82) is 0 Å². The molecule has 1 aliphatic rings. The summed E-state index contributed by atoms with van der Waals surface area (Å²) in [5, 5.41) is 3.58. The molecule has 132 valence electrons. The zero-order chi connectivity index (χ0) is 16.5. The van der Waals surface area contributed by atoms with E-state index in [0.29, 0.717) is 11.7 Å². The topological polar surface area (TPSA) is 29.1 Å². The Kier molecular flexibility index (Phi) is 7.30. The lowest BCUT2D eigenvalue weighted by molar-refractivity contribution is -0.896. The fourth-order valence-electron chi connectivity index (χ4n) is 3.17. The maximum absolute atomic E-state index is 12.8. The zero-order valence-corrected chi connectivity index (χ0v) is 15.5. The number of carbonyl (C=O) groups excluding carboxylic acids is 1. The van der Waals surface area contributed by atoms with Gasteiger partial charge in [-0.25, -0.2) is 0 Å². The van der Waals surface area contributed by atoms with Gasteiger partial charge in [0.2, 0.25) is 0 Å². The highest BCUT2D eigenvalue weighted by molar-refractivity contribution is 5.88. The molecule has 1 N–H and O–H groups in total. The maximum atomic E-state index is 12.8. The van der Waals surface area contributed by atoms with Crippen LogP contribution in [0.3, 0.4) is 0 Å². The number of nitrogens with zero attached hydrogens (tertiary/aromatic N) is 1. The first-order chi connectivity index (χ1) is 9.30. The molecule has 3 heteroatoms. The molecule has 0 spiro atoms. The molecule has 22 heavy (non-hydrogen) atoms. The summed E-state index contributed by atoms with van der Waals surface area (Å²) < 4.78 is 1.13. The molecule has 0 amide bonds. The Balaban J connectivity index is 0.00000441. The monoisotopic (exact) mass is 313 g/mol. The number of quaternary nitrogens is 1. The van der Waals surface area contributed by atoms with Gasteiger partial charge in [-0.2, -0.15) is 0 Å². The summed E-state index contributed by atoms with van der Waals surface area (Å²) in [5.41, 5.74) is -0.289. The lowest BCUT2D eigenvalue weighted by Gasteiger charge is -2.39. The van der Waals surface area contributed by atoms with Crippen molar-refractivity contribution in [2.24, 2.45) is 11.3 Å². The highest BCUT2D eigenvalue weighted by Crippen LogP contribution is 2.28. The molecule has 1 heterocycles. The van der Waals surface area contributed by atoms with Gasteiger partial charge in [-0.1, -0.05) is 28.2 Å². The van der Waals surface area contributed by atoms with Crippen molar-refractivity contribution >= 4 is 5.78 Å². The van der Waals surface area contributed by atoms with Crippen molar-refractivity contribution in [2.75, 3.05) is 27.2 Å². The average molecular weight is 314 g/mol. The largest absolute Gasteiger partial charge is 0.328 e. The maximum Gasteiger partial charge on any atom is 0.155 e. The van der Waals surface area contributed by atoms with Crippen molar-refractivity contribution < 1.29 is 9.28 Å². The number of piperidine rings is 1. The van der Waals surface area contributed by atoms with E-state index >= 15 is 0 Å². The fourth-order valence-corrected chi connectivity index (χ4v) is 3.17. The predicted octanol–water partition coefficient (Wildman–Crippen LogP) is 3.87. The summed E-state index contributed by atoms with van der Waals surface area (Å²) in [6.45, 7) is 15.0. The molecule has 0 aliphatic carbocycles. The van der Waals surface area contributed by atoms with Gasteiger partial charge in [0, 0.05) is 11.0 Å². The normalized spacial score (nSPS) is 21.1. The molecule has 0 bridgehead atoms. The van der Waals surface area contributed by atoms with Crippen LogP contribution in [0, 0.1) is 11.3 Å². The van der Waals surface area contributed by atoms with E-state index in [1.54, 1.807) is 0 Å². The van der Waals surface area contributed by atoms with Crippen LogP contribution in [0.5, 0.6) is 0 Å². The molecule has 3 nitrogen and oxygen atoms in total. The summed E-state index contributed by atoms with van der Waals surface area (Å²) in [4.78, 5) is 12.8. The lowest BCUT2D eigenvalue weighted by Crippen LogP contribution is -2.53. The van der Waals surface area contributed by atoms with Gasteiger partial charge in [0.05, 0.1) is 33.2 Å². The van der Waals surface area contributed by atoms with E-state index in [-0.39, 0.29) is 24.4 Å². The molecular formula is C19H41N2O+. The standard InChI is InChI=1S/C18H37N2O.CH4/c1-17(2,3)16(21)15(19-18(4,5)6)13-14-9-11-20(7,8)12-10-14;/h14-15,19H,9-13H2,1-8H3;1H4/q+1;. The van der Waals surface area contributed by atoms with Gasteiger partial charge in [0.25, 0.3) is 0 Å². The first kappa shape index (κ1) is 21.6. The summed E-state index contributed by atoms with van der Waals surface area (Å²) >= 11 is 0. The van der Waals surface area contributed by atoms with E-state index in [1.165, 1.54) is 25.9 Å². The minimum atomic E-state index is -0.271. The van der Waals surface area contributed by atoms with Crippen LogP contribution < -0.4 is 5.32 Å². The first-order valence-electron chi connectivity index (χ1n) is 8.44. The van der Waals surface area contributed by atoms with Gasteiger partial charge in [-0.3, -0.25) is 4.79 Å². The van der Waals surface area contributed by atoms with E-state index in [2.05, 4.69) is 40.2 Å². The minimum absolute atomic E-state index is 0. The number of hydrogen-bond acceptors (Lipinski definition) is 2. The van der Waals surface area contributed by atoms with Crippen LogP contribution in [0.15, 0.2) is 0 Å². The van der Waals surface area contributed by atoms with E-state index < -0.39 is 0 Å². The molecule has 1 atom stereocenters. The molecule has 1 rings (SSSR count). The molecule has 1 aliphatic heterocycles. The average Bonchev–Trinajstić information content (AvgIpc) is 2.27. The smallest absolute Gasteiger partial charge is 0.155 e. The summed E-state index contributed by atoms with van der Waals surface area (Å²) in [5.74, 6) is 1.04. The van der Waals surface area contributed by atoms with E-state index in [1.807, 2.05) is 20.8 Å². The second-order valence-electron chi connectivity index (χ2n) is 9.62. The molecule has 0 saturated carbocycles. The molecule has 0 aromatic carbocycles. The Hall–Kier alpha value is -0.410. The SMILES string of the molecule is C.CC(C)(C)NC(CC1CC[N+](C)(C)CC1)C(=O)C(C)(C)C. The van der Waals surface area contributed by atoms with Crippen LogP contribution in [0.1, 0.15) is 68.2 Å². The van der Waals surface area contributed by atoms with Crippen molar-refractivity contribution in [1.82, 2.24) is 5.32 Å². The van der Waals surface area contributed by atoms with Crippen LogP contribution in [-0.4, -0.2) is 49.0 Å². The molecular weight excluding hydrogens is 272 g/mol. The third kappa shape index (κ3) is 7.23. The van der Waals surface area contributed by atoms with Gasteiger partial charge in [-0.15, -0.1) is 0 Å². The van der Waals surface area contributed by atoms with Crippen molar-refractivity contribution in [3.8, 4) is 0 Å². The fraction of sp³-hybridized carbons (Fsp3) is 0.947. The molecule has 0 aromatic heterocycles. The van der Waals surface area contributed by atoms with E-state index in [4.69, 9.17) is 0 Å². The van der Waals surface area contributed by atoms with Crippen LogP contribution in [-0.2, 0) is 4.79 Å². The highest BCUT2D eigenvalue weighted by atomic mass is 16.1. The number of likely N-dealkylation sites (tertiary alicyclic amines) is 1. The van der Waals surface area contributed by atoms with E-state index in [9.17, 15) is 4.79 Å². The van der Waals surface area contributed by atoms with E-state index in [0.717, 1.165) is 10.9 Å². The Morgan fingerprint density at radius 3 is 1.91 bits per heavy atom. The quantitative estimate of drug-likeness (QED) is 0.798. The summed E-state index contributed by atoms with van der Waals surface area (Å²) in [6.07, 6.45) is 3.48. The molecule has 1 saturated heterocycles. The van der Waals surface area contributed by atoms with Crippen LogP contribution in [0.2, 0.25) is 0 Å². The van der Waals surface area contributed by atoms with Gasteiger partial charge >= 0.3 is 0 Å². The minimum Gasteiger partial charge on any atom is -0.328 e. The Morgan fingerprint density at radius 1 is 1.09 bits per heavy atom. The number of rotatable bonds is 4.